The van der Waals surface area contributed by atoms with Gasteiger partial charge in [-0.05, 0) is 26.3 Å². The lowest BCUT2D eigenvalue weighted by Gasteiger charge is -2.12. The Morgan fingerprint density at radius 3 is 2.42 bits per heavy atom. The molecule has 0 aliphatic carbocycles. The van der Waals surface area contributed by atoms with Crippen molar-refractivity contribution in [1.29, 1.82) is 0 Å². The number of halogens is 3. The zero-order valence-corrected chi connectivity index (χ0v) is 13.6. The first-order valence-electron chi connectivity index (χ1n) is 7.21. The molecule has 24 heavy (non-hydrogen) atoms. The van der Waals surface area contributed by atoms with E-state index in [-0.39, 0.29) is 5.65 Å². The molecule has 128 valence electrons. The number of aromatic nitrogens is 6. The van der Waals surface area contributed by atoms with Crippen molar-refractivity contribution in [1.82, 2.24) is 29.6 Å². The smallest absolute Gasteiger partial charge is 0.364 e. The molecule has 0 aliphatic rings. The summed E-state index contributed by atoms with van der Waals surface area (Å²) < 4.78 is 41.5. The molecule has 7 nitrogen and oxygen atoms in total. The van der Waals surface area contributed by atoms with Gasteiger partial charge in [-0.1, -0.05) is 0 Å². The standard InChI is InChI=1S/C14H16F3N7/c1-7-8(2)12-20-21-13(14(15,16)17)24(12)22-11(7)18-5-10-6-19-23(4)9(10)3/h6H,5H2,1-4H3,(H,18,22). The third kappa shape index (κ3) is 2.57. The first kappa shape index (κ1) is 16.2. The highest BCUT2D eigenvalue weighted by Crippen LogP contribution is 2.29. The average Bonchev–Trinajstić information content (AvgIpc) is 3.07. The van der Waals surface area contributed by atoms with Crippen LogP contribution in [0.25, 0.3) is 5.65 Å². The summed E-state index contributed by atoms with van der Waals surface area (Å²) in [6.45, 7) is 5.80. The Bertz CT molecular complexity index is 907. The number of aryl methyl sites for hydroxylation is 2. The highest BCUT2D eigenvalue weighted by Gasteiger charge is 2.38. The number of nitrogens with zero attached hydrogens (tertiary/aromatic N) is 6. The van der Waals surface area contributed by atoms with Gasteiger partial charge in [0.15, 0.2) is 11.5 Å². The minimum Gasteiger partial charge on any atom is -0.364 e. The maximum Gasteiger partial charge on any atom is 0.453 e. The van der Waals surface area contributed by atoms with Crippen molar-refractivity contribution in [2.75, 3.05) is 5.32 Å². The van der Waals surface area contributed by atoms with Crippen LogP contribution < -0.4 is 5.32 Å². The van der Waals surface area contributed by atoms with E-state index < -0.39 is 12.0 Å². The van der Waals surface area contributed by atoms with Crippen LogP contribution in [0.5, 0.6) is 0 Å². The molecule has 3 heterocycles. The fourth-order valence-electron chi connectivity index (χ4n) is 2.37. The van der Waals surface area contributed by atoms with Crippen molar-refractivity contribution >= 4 is 11.5 Å². The van der Waals surface area contributed by atoms with Crippen molar-refractivity contribution in [3.63, 3.8) is 0 Å². The van der Waals surface area contributed by atoms with Crippen LogP contribution in [0.1, 0.15) is 28.2 Å². The Balaban J connectivity index is 2.01. The lowest BCUT2D eigenvalue weighted by molar-refractivity contribution is -0.146. The molecule has 0 amide bonds. The van der Waals surface area contributed by atoms with Crippen molar-refractivity contribution < 1.29 is 13.2 Å². The van der Waals surface area contributed by atoms with Gasteiger partial charge in [-0.2, -0.15) is 22.8 Å². The Morgan fingerprint density at radius 1 is 1.12 bits per heavy atom. The van der Waals surface area contributed by atoms with Crippen LogP contribution in [-0.4, -0.2) is 29.6 Å². The predicted octanol–water partition coefficient (Wildman–Crippen LogP) is 2.41. The molecule has 0 saturated heterocycles. The highest BCUT2D eigenvalue weighted by molar-refractivity contribution is 5.58. The fraction of sp³-hybridized carbons (Fsp3) is 0.429. The summed E-state index contributed by atoms with van der Waals surface area (Å²) in [6.07, 6.45) is -2.91. The average molecular weight is 339 g/mol. The van der Waals surface area contributed by atoms with E-state index in [0.717, 1.165) is 21.3 Å². The zero-order chi connectivity index (χ0) is 17.6. The van der Waals surface area contributed by atoms with Crippen molar-refractivity contribution in [2.45, 2.75) is 33.5 Å². The molecule has 0 atom stereocenters. The van der Waals surface area contributed by atoms with E-state index in [2.05, 4.69) is 25.7 Å². The van der Waals surface area contributed by atoms with Gasteiger partial charge in [0, 0.05) is 30.4 Å². The molecule has 3 aromatic heterocycles. The van der Waals surface area contributed by atoms with Gasteiger partial charge in [0.25, 0.3) is 5.82 Å². The second kappa shape index (κ2) is 5.46. The second-order valence-corrected chi connectivity index (χ2v) is 5.59. The molecular formula is C14H16F3N7. The van der Waals surface area contributed by atoms with Crippen LogP contribution in [0.15, 0.2) is 6.20 Å². The molecule has 0 spiro atoms. The summed E-state index contributed by atoms with van der Waals surface area (Å²) in [5, 5.41) is 18.1. The van der Waals surface area contributed by atoms with Gasteiger partial charge in [0.05, 0.1) is 6.20 Å². The molecule has 0 unspecified atom stereocenters. The summed E-state index contributed by atoms with van der Waals surface area (Å²) in [4.78, 5) is 0. The first-order valence-corrected chi connectivity index (χ1v) is 7.21. The van der Waals surface area contributed by atoms with Gasteiger partial charge < -0.3 is 5.32 Å². The van der Waals surface area contributed by atoms with E-state index in [0.29, 0.717) is 17.9 Å². The summed E-state index contributed by atoms with van der Waals surface area (Å²) in [5.41, 5.74) is 3.33. The van der Waals surface area contributed by atoms with Crippen LogP contribution in [0, 0.1) is 20.8 Å². The summed E-state index contributed by atoms with van der Waals surface area (Å²) >= 11 is 0. The Labute approximate surface area is 135 Å². The van der Waals surface area contributed by atoms with E-state index in [4.69, 9.17) is 0 Å². The molecule has 3 rings (SSSR count). The van der Waals surface area contributed by atoms with Crippen LogP contribution >= 0.6 is 0 Å². The topological polar surface area (TPSA) is 72.9 Å². The molecule has 1 N–H and O–H groups in total. The predicted molar refractivity (Wildman–Crippen MR) is 80.5 cm³/mol. The fourth-order valence-corrected chi connectivity index (χ4v) is 2.37. The Kier molecular flexibility index (Phi) is 3.69. The van der Waals surface area contributed by atoms with Gasteiger partial charge >= 0.3 is 6.18 Å². The van der Waals surface area contributed by atoms with E-state index in [9.17, 15) is 13.2 Å². The molecule has 0 aromatic carbocycles. The Morgan fingerprint density at radius 2 is 1.83 bits per heavy atom. The number of rotatable bonds is 3. The van der Waals surface area contributed by atoms with Gasteiger partial charge in [-0.25, -0.2) is 0 Å². The van der Waals surface area contributed by atoms with E-state index in [1.165, 1.54) is 0 Å². The maximum absolute atomic E-state index is 13.0. The monoisotopic (exact) mass is 339 g/mol. The maximum atomic E-state index is 13.0. The summed E-state index contributed by atoms with van der Waals surface area (Å²) in [6, 6.07) is 0. The van der Waals surface area contributed by atoms with Crippen LogP contribution in [0.3, 0.4) is 0 Å². The molecule has 0 saturated carbocycles. The molecule has 0 bridgehead atoms. The molecular weight excluding hydrogens is 323 g/mol. The third-order valence-corrected chi connectivity index (χ3v) is 4.13. The van der Waals surface area contributed by atoms with Crippen LogP contribution in [0.4, 0.5) is 19.0 Å². The lowest BCUT2D eigenvalue weighted by atomic mass is 10.2. The minimum atomic E-state index is -4.62. The van der Waals surface area contributed by atoms with Gasteiger partial charge in [-0.3, -0.25) is 4.68 Å². The Hall–Kier alpha value is -2.65. The van der Waals surface area contributed by atoms with E-state index in [1.54, 1.807) is 24.7 Å². The number of hydrogen-bond donors (Lipinski definition) is 1. The summed E-state index contributed by atoms with van der Waals surface area (Å²) in [5.74, 6) is -0.783. The SMILES string of the molecule is Cc1c(NCc2cnn(C)c2C)nn2c(C(F)(F)F)nnc2c1C. The van der Waals surface area contributed by atoms with Crippen molar-refractivity contribution in [3.8, 4) is 0 Å². The van der Waals surface area contributed by atoms with Crippen molar-refractivity contribution in [3.05, 3.63) is 34.4 Å². The van der Waals surface area contributed by atoms with Crippen LogP contribution in [-0.2, 0) is 19.8 Å². The quantitative estimate of drug-likeness (QED) is 0.793. The van der Waals surface area contributed by atoms with Gasteiger partial charge in [-0.15, -0.1) is 15.3 Å². The van der Waals surface area contributed by atoms with E-state index >= 15 is 0 Å². The normalized spacial score (nSPS) is 12.1. The number of hydrogen-bond acceptors (Lipinski definition) is 5. The second-order valence-electron chi connectivity index (χ2n) is 5.59. The van der Waals surface area contributed by atoms with Crippen LogP contribution in [0.2, 0.25) is 0 Å². The number of fused-ring (bicyclic) bond motifs is 1. The number of alkyl halides is 3. The highest BCUT2D eigenvalue weighted by atomic mass is 19.4. The molecule has 10 heteroatoms. The lowest BCUT2D eigenvalue weighted by Crippen LogP contribution is -2.15. The molecule has 0 aliphatic heterocycles. The number of nitrogens with one attached hydrogen (secondary N) is 1. The first-order chi connectivity index (χ1) is 11.2. The molecule has 0 fully saturated rings. The van der Waals surface area contributed by atoms with Gasteiger partial charge in [0.2, 0.25) is 0 Å². The molecule has 0 radical (unpaired) electrons. The van der Waals surface area contributed by atoms with E-state index in [1.807, 2.05) is 14.0 Å². The number of anilines is 1. The van der Waals surface area contributed by atoms with Gasteiger partial charge in [0.1, 0.15) is 0 Å². The largest absolute Gasteiger partial charge is 0.453 e. The summed E-state index contributed by atoms with van der Waals surface area (Å²) in [7, 11) is 1.82. The zero-order valence-electron chi connectivity index (χ0n) is 13.6. The minimum absolute atomic E-state index is 0.0999. The molecule has 3 aromatic rings. The third-order valence-electron chi connectivity index (χ3n) is 4.13. The van der Waals surface area contributed by atoms with Crippen molar-refractivity contribution in [2.24, 2.45) is 7.05 Å².